The van der Waals surface area contributed by atoms with Gasteiger partial charge in [-0.1, -0.05) is 236 Å². The van der Waals surface area contributed by atoms with Crippen molar-refractivity contribution >= 4 is 89.6 Å². The van der Waals surface area contributed by atoms with Gasteiger partial charge >= 0.3 is 0 Å². The predicted molar refractivity (Wildman–Crippen MR) is 376 cm³/mol. The van der Waals surface area contributed by atoms with Crippen molar-refractivity contribution < 1.29 is 0 Å². The Morgan fingerprint density at radius 3 is 1.49 bits per heavy atom. The molecule has 0 saturated carbocycles. The Morgan fingerprint density at radius 2 is 0.920 bits per heavy atom. The highest BCUT2D eigenvalue weighted by Gasteiger charge is 2.50. The molecule has 5 aliphatic rings. The molecule has 0 spiro atoms. The lowest BCUT2D eigenvalue weighted by molar-refractivity contribution is 0.332. The van der Waals surface area contributed by atoms with Crippen LogP contribution in [0.4, 0.5) is 34.1 Å². The van der Waals surface area contributed by atoms with Crippen molar-refractivity contribution in [3.05, 3.63) is 266 Å². The highest BCUT2D eigenvalue weighted by Crippen LogP contribution is 2.59. The van der Waals surface area contributed by atoms with Gasteiger partial charge in [-0.2, -0.15) is 0 Å². The van der Waals surface area contributed by atoms with Gasteiger partial charge in [0.1, 0.15) is 0 Å². The lowest BCUT2D eigenvalue weighted by atomic mass is 9.36. The maximum Gasteiger partial charge on any atom is 0.260 e. The second kappa shape index (κ2) is 19.2. The van der Waals surface area contributed by atoms with Crippen LogP contribution in [0.25, 0.3) is 21.7 Å². The Morgan fingerprint density at radius 1 is 0.414 bits per heavy atom. The molecule has 15 rings (SSSR count). The molecule has 0 fully saturated rings. The maximum absolute atomic E-state index is 2.76. The van der Waals surface area contributed by atoms with Crippen LogP contribution < -0.4 is 25.5 Å². The number of anilines is 6. The first-order chi connectivity index (χ1) is 41.4. The van der Waals surface area contributed by atoms with Crippen LogP contribution in [-0.2, 0) is 37.9 Å². The summed E-state index contributed by atoms with van der Waals surface area (Å²) in [6.07, 6.45) is 7.24. The molecule has 0 atom stereocenters. The van der Waals surface area contributed by atoms with E-state index in [4.69, 9.17) is 0 Å². The third-order valence-electron chi connectivity index (χ3n) is 21.6. The summed E-state index contributed by atoms with van der Waals surface area (Å²) < 4.78 is 2.78. The number of para-hydroxylation sites is 2. The number of thiophene rings is 1. The van der Waals surface area contributed by atoms with Gasteiger partial charge in [0.15, 0.2) is 0 Å². The quantitative estimate of drug-likeness (QED) is 0.159. The van der Waals surface area contributed by atoms with Crippen molar-refractivity contribution in [2.75, 3.05) is 9.80 Å². The van der Waals surface area contributed by atoms with E-state index in [-0.39, 0.29) is 39.2 Å². The smallest absolute Gasteiger partial charge is 0.260 e. The van der Waals surface area contributed by atoms with Gasteiger partial charge < -0.3 is 9.80 Å². The van der Waals surface area contributed by atoms with E-state index >= 15 is 0 Å². The first-order valence-electron chi connectivity index (χ1n) is 32.2. The topological polar surface area (TPSA) is 6.48 Å². The van der Waals surface area contributed by atoms with Crippen LogP contribution in [0.3, 0.4) is 0 Å². The molecular formula is C83H83BN2S. The van der Waals surface area contributed by atoms with E-state index in [0.29, 0.717) is 0 Å². The largest absolute Gasteiger partial charge is 0.311 e. The van der Waals surface area contributed by atoms with Crippen LogP contribution in [0.15, 0.2) is 194 Å². The Kier molecular flexibility index (Phi) is 12.3. The van der Waals surface area contributed by atoms with Gasteiger partial charge in [-0.3, -0.25) is 0 Å². The molecule has 0 unspecified atom stereocenters. The van der Waals surface area contributed by atoms with Gasteiger partial charge in [0.2, 0.25) is 0 Å². The molecule has 0 saturated heterocycles. The molecular weight excluding hydrogens is 1070 g/mol. The normalized spacial score (nSPS) is 18.0. The van der Waals surface area contributed by atoms with Crippen molar-refractivity contribution in [1.82, 2.24) is 0 Å². The fourth-order valence-electron chi connectivity index (χ4n) is 16.3. The molecule has 2 aliphatic carbocycles. The molecule has 9 aromatic carbocycles. The van der Waals surface area contributed by atoms with Crippen molar-refractivity contribution in [1.29, 1.82) is 0 Å². The highest BCUT2D eigenvalue weighted by molar-refractivity contribution is 7.33. The van der Waals surface area contributed by atoms with E-state index < -0.39 is 5.41 Å². The van der Waals surface area contributed by atoms with Gasteiger partial charge in [0, 0.05) is 32.8 Å². The summed E-state index contributed by atoms with van der Waals surface area (Å²) in [5.74, 6) is 0. The van der Waals surface area contributed by atoms with Crippen LogP contribution in [0.1, 0.15) is 195 Å². The molecule has 0 bridgehead atoms. The molecule has 2 nitrogen and oxygen atoms in total. The van der Waals surface area contributed by atoms with Crippen molar-refractivity contribution in [3.8, 4) is 0 Å². The van der Waals surface area contributed by atoms with Crippen LogP contribution in [0.2, 0.25) is 0 Å². The Balaban J connectivity index is 1.11. The first kappa shape index (κ1) is 55.9. The molecule has 0 radical (unpaired) electrons. The Labute approximate surface area is 523 Å². The number of fused-ring (bicyclic) bond motifs is 10. The number of rotatable bonds is 5. The van der Waals surface area contributed by atoms with Crippen LogP contribution in [-0.4, -0.2) is 6.71 Å². The van der Waals surface area contributed by atoms with Crippen LogP contribution in [0, 0.1) is 0 Å². The third-order valence-corrected chi connectivity index (χ3v) is 22.8. The summed E-state index contributed by atoms with van der Waals surface area (Å²) in [6.45, 7) is 34.0. The van der Waals surface area contributed by atoms with E-state index in [1.807, 2.05) is 11.3 Å². The summed E-state index contributed by atoms with van der Waals surface area (Å²) >= 11 is 2.03. The van der Waals surface area contributed by atoms with Gasteiger partial charge in [0.25, 0.3) is 6.71 Å². The molecule has 0 amide bonds. The zero-order valence-electron chi connectivity index (χ0n) is 53.8. The summed E-state index contributed by atoms with van der Waals surface area (Å²) in [7, 11) is 0. The van der Waals surface area contributed by atoms with E-state index in [0.717, 1.165) is 24.9 Å². The molecule has 4 heteroatoms. The molecule has 1 aromatic heterocycles. The molecule has 3 aliphatic heterocycles. The second-order valence-electron chi connectivity index (χ2n) is 31.0. The molecule has 434 valence electrons. The van der Waals surface area contributed by atoms with Gasteiger partial charge in [0.05, 0.1) is 16.8 Å². The van der Waals surface area contributed by atoms with Crippen LogP contribution in [0.5, 0.6) is 0 Å². The van der Waals surface area contributed by atoms with Gasteiger partial charge in [-0.25, -0.2) is 0 Å². The Hall–Kier alpha value is -7.66. The number of benzene rings is 9. The van der Waals surface area contributed by atoms with Gasteiger partial charge in [-0.15, -0.1) is 11.3 Å². The second-order valence-corrected chi connectivity index (χ2v) is 32.1. The lowest BCUT2D eigenvalue weighted by Gasteiger charge is -2.47. The monoisotopic (exact) mass is 1150 g/mol. The average molecular weight is 1150 g/mol. The number of hydrogen-bond donors (Lipinski definition) is 0. The zero-order chi connectivity index (χ0) is 60.5. The summed E-state index contributed by atoms with van der Waals surface area (Å²) in [6, 6.07) is 76.5. The molecule has 4 heterocycles. The molecule has 0 N–H and O–H groups in total. The first-order valence-corrected chi connectivity index (χ1v) is 33.0. The Bertz CT molecular complexity index is 4390. The third kappa shape index (κ3) is 8.46. The highest BCUT2D eigenvalue weighted by atomic mass is 32.1. The average Bonchev–Trinajstić information content (AvgIpc) is 1.63. The fraction of sp³-hybridized carbons (Fsp3) is 0.301. The summed E-state index contributed by atoms with van der Waals surface area (Å²) in [5, 5.41) is 1.35. The van der Waals surface area contributed by atoms with Crippen molar-refractivity contribution in [2.45, 2.75) is 161 Å². The van der Waals surface area contributed by atoms with E-state index in [1.54, 1.807) is 0 Å². The minimum absolute atomic E-state index is 0.00356. The maximum atomic E-state index is 2.76. The number of nitrogens with zero attached hydrogens (tertiary/aromatic N) is 2. The van der Waals surface area contributed by atoms with Crippen molar-refractivity contribution in [2.24, 2.45) is 0 Å². The predicted octanol–water partition coefficient (Wildman–Crippen LogP) is 20.6. The lowest BCUT2D eigenvalue weighted by Crippen LogP contribution is -2.58. The summed E-state index contributed by atoms with van der Waals surface area (Å²) in [4.78, 5) is 5.38. The van der Waals surface area contributed by atoms with E-state index in [1.165, 1.54) is 139 Å². The minimum Gasteiger partial charge on any atom is -0.311 e. The summed E-state index contributed by atoms with van der Waals surface area (Å²) in [5.41, 5.74) is 28.3. The number of hydrogen-bond acceptors (Lipinski definition) is 3. The molecule has 10 aromatic rings. The van der Waals surface area contributed by atoms with Crippen LogP contribution >= 0.6 is 11.3 Å². The zero-order valence-corrected chi connectivity index (χ0v) is 54.6. The molecule has 87 heavy (non-hydrogen) atoms. The standard InChI is InChI=1S/C83H83BN2S/c1-77(2,3)54-35-33-52(34-36-54)60-46-53-45-59(86-69-31-23-21-29-63(69)83(55-25-17-15-18-26-55,56-27-19-16-20-28-56)64-30-22-24-32-70(64)86)49-72-75(53)84(76-74(60)61-47-57(78(4,5)6)37-40-73(61)87-76)68-50-66-67(82(13,14)44-43-81(66,11)12)51-71(68)85(72)58-38-39-62-65(48-58)80(9,10)42-41-79(62,7)8/h15-40,45-51H,41-44H2,1-14H3. The van der Waals surface area contributed by atoms with Gasteiger partial charge in [-0.05, 0) is 212 Å². The van der Waals surface area contributed by atoms with E-state index in [9.17, 15) is 0 Å². The van der Waals surface area contributed by atoms with Crippen molar-refractivity contribution in [3.63, 3.8) is 0 Å². The SMILES string of the molecule is CC(C)(C)c1ccc(C2=Cc3cc(N4c5ccccc5C(c5ccccc5)(c5ccccc5)c5ccccc54)cc4c3B(c3cc5c(cc3N4c3ccc4c(c3)C(C)(C)CCC4(C)C)C(C)(C)CCC5(C)C)c3sc4ccc(C(C)(C)C)cc4c32)cc1. The van der Waals surface area contributed by atoms with E-state index in [2.05, 4.69) is 307 Å². The fourth-order valence-corrected chi connectivity index (χ4v) is 17.7. The minimum atomic E-state index is -0.598.